The summed E-state index contributed by atoms with van der Waals surface area (Å²) in [6.45, 7) is 4.32. The minimum atomic E-state index is -0.246. The molecule has 0 unspecified atom stereocenters. The van der Waals surface area contributed by atoms with Crippen molar-refractivity contribution in [1.29, 1.82) is 0 Å². The highest BCUT2D eigenvalue weighted by molar-refractivity contribution is 5.90. The van der Waals surface area contributed by atoms with Crippen molar-refractivity contribution in [3.63, 3.8) is 0 Å². The number of nitrogens with one attached hydrogen (secondary N) is 2. The zero-order valence-electron chi connectivity index (χ0n) is 15.5. The molecule has 0 saturated carbocycles. The van der Waals surface area contributed by atoms with Crippen molar-refractivity contribution >= 4 is 23.3 Å². The van der Waals surface area contributed by atoms with E-state index in [0.29, 0.717) is 6.54 Å². The van der Waals surface area contributed by atoms with E-state index < -0.39 is 0 Å². The van der Waals surface area contributed by atoms with Crippen molar-refractivity contribution in [2.24, 2.45) is 5.92 Å². The van der Waals surface area contributed by atoms with Crippen molar-refractivity contribution in [2.45, 2.75) is 32.6 Å². The number of benzene rings is 1. The fourth-order valence-corrected chi connectivity index (χ4v) is 3.15. The Hall–Kier alpha value is -2.24. The molecule has 6 nitrogen and oxygen atoms in total. The SMILES string of the molecule is CNC(=O)[C@@H](C)CN(C)C(=O)Nc1cccc(N2CCCCCC2)c1. The Kier molecular flexibility index (Phi) is 7.10. The normalized spacial score (nSPS) is 15.9. The summed E-state index contributed by atoms with van der Waals surface area (Å²) in [4.78, 5) is 27.9. The summed E-state index contributed by atoms with van der Waals surface area (Å²) in [5, 5.41) is 5.53. The van der Waals surface area contributed by atoms with Gasteiger partial charge in [0, 0.05) is 45.1 Å². The maximum absolute atomic E-state index is 12.4. The first-order chi connectivity index (χ1) is 12.0. The van der Waals surface area contributed by atoms with Crippen molar-refractivity contribution < 1.29 is 9.59 Å². The molecule has 0 aliphatic carbocycles. The lowest BCUT2D eigenvalue weighted by Crippen LogP contribution is -2.39. The third-order valence-corrected chi connectivity index (χ3v) is 4.66. The number of carbonyl (C=O) groups is 2. The number of nitrogens with zero attached hydrogens (tertiary/aromatic N) is 2. The Morgan fingerprint density at radius 3 is 2.52 bits per heavy atom. The number of anilines is 2. The standard InChI is InChI=1S/C19H30N4O2/c1-15(18(24)20-2)14-22(3)19(25)21-16-9-8-10-17(13-16)23-11-6-4-5-7-12-23/h8-10,13,15H,4-7,11-12,14H2,1-3H3,(H,20,24)(H,21,25)/t15-/m0/s1. The van der Waals surface area contributed by atoms with Crippen LogP contribution in [0.2, 0.25) is 0 Å². The van der Waals surface area contributed by atoms with Crippen molar-refractivity contribution in [3.8, 4) is 0 Å². The van der Waals surface area contributed by atoms with E-state index in [2.05, 4.69) is 21.6 Å². The Morgan fingerprint density at radius 2 is 1.88 bits per heavy atom. The molecule has 1 fully saturated rings. The van der Waals surface area contributed by atoms with Crippen molar-refractivity contribution in [2.75, 3.05) is 43.9 Å². The number of amides is 3. The molecule has 0 aromatic heterocycles. The number of carbonyl (C=O) groups excluding carboxylic acids is 2. The Bertz CT molecular complexity index is 583. The highest BCUT2D eigenvalue weighted by Crippen LogP contribution is 2.23. The van der Waals surface area contributed by atoms with Crippen molar-refractivity contribution in [1.82, 2.24) is 10.2 Å². The molecule has 0 radical (unpaired) electrons. The summed E-state index contributed by atoms with van der Waals surface area (Å²) >= 11 is 0. The van der Waals surface area contributed by atoms with Gasteiger partial charge in [0.15, 0.2) is 0 Å². The van der Waals surface area contributed by atoms with E-state index in [1.54, 1.807) is 19.0 Å². The molecule has 1 atom stereocenters. The van der Waals surface area contributed by atoms with E-state index in [0.717, 1.165) is 24.5 Å². The molecule has 1 saturated heterocycles. The monoisotopic (exact) mass is 346 g/mol. The molecule has 1 aliphatic rings. The molecule has 6 heteroatoms. The van der Waals surface area contributed by atoms with Gasteiger partial charge in [0.2, 0.25) is 5.91 Å². The van der Waals surface area contributed by atoms with E-state index in [4.69, 9.17) is 0 Å². The second kappa shape index (κ2) is 9.30. The lowest BCUT2D eigenvalue weighted by Gasteiger charge is -2.24. The number of hydrogen-bond donors (Lipinski definition) is 2. The smallest absolute Gasteiger partial charge is 0.321 e. The third kappa shape index (κ3) is 5.66. The zero-order chi connectivity index (χ0) is 18.2. The summed E-state index contributed by atoms with van der Waals surface area (Å²) in [5.41, 5.74) is 1.94. The second-order valence-corrected chi connectivity index (χ2v) is 6.78. The van der Waals surface area contributed by atoms with E-state index in [1.807, 2.05) is 25.1 Å². The molecule has 1 aliphatic heterocycles. The zero-order valence-corrected chi connectivity index (χ0v) is 15.5. The van der Waals surface area contributed by atoms with Gasteiger partial charge >= 0.3 is 6.03 Å². The highest BCUT2D eigenvalue weighted by Gasteiger charge is 2.17. The minimum Gasteiger partial charge on any atom is -0.371 e. The largest absolute Gasteiger partial charge is 0.371 e. The quantitative estimate of drug-likeness (QED) is 0.861. The molecule has 2 rings (SSSR count). The van der Waals surface area contributed by atoms with E-state index >= 15 is 0 Å². The molecule has 3 amide bonds. The number of rotatable bonds is 5. The summed E-state index contributed by atoms with van der Waals surface area (Å²) in [6.07, 6.45) is 5.02. The van der Waals surface area contributed by atoms with Crippen LogP contribution in [0.15, 0.2) is 24.3 Å². The Labute approximate surface area is 150 Å². The van der Waals surface area contributed by atoms with Crippen LogP contribution in [0.5, 0.6) is 0 Å². The molecular weight excluding hydrogens is 316 g/mol. The lowest BCUT2D eigenvalue weighted by molar-refractivity contribution is -0.124. The molecule has 0 bridgehead atoms. The van der Waals surface area contributed by atoms with Gasteiger partial charge in [-0.05, 0) is 31.0 Å². The van der Waals surface area contributed by atoms with Gasteiger partial charge in [-0.1, -0.05) is 25.8 Å². The fraction of sp³-hybridized carbons (Fsp3) is 0.579. The number of hydrogen-bond acceptors (Lipinski definition) is 3. The second-order valence-electron chi connectivity index (χ2n) is 6.78. The van der Waals surface area contributed by atoms with Gasteiger partial charge in [0.05, 0.1) is 5.92 Å². The Morgan fingerprint density at radius 1 is 1.20 bits per heavy atom. The van der Waals surface area contributed by atoms with Gasteiger partial charge in [-0.3, -0.25) is 4.79 Å². The summed E-state index contributed by atoms with van der Waals surface area (Å²) in [7, 11) is 3.31. The lowest BCUT2D eigenvalue weighted by atomic mass is 10.1. The molecule has 138 valence electrons. The van der Waals surface area contributed by atoms with Crippen LogP contribution in [0.25, 0.3) is 0 Å². The Balaban J connectivity index is 1.96. The molecule has 1 aromatic rings. The van der Waals surface area contributed by atoms with Crippen LogP contribution in [-0.2, 0) is 4.79 Å². The van der Waals surface area contributed by atoms with E-state index in [-0.39, 0.29) is 17.9 Å². The van der Waals surface area contributed by atoms with E-state index in [9.17, 15) is 9.59 Å². The van der Waals surface area contributed by atoms with Crippen LogP contribution in [0, 0.1) is 5.92 Å². The first-order valence-electron chi connectivity index (χ1n) is 9.10. The van der Waals surface area contributed by atoms with Crippen LogP contribution >= 0.6 is 0 Å². The molecule has 2 N–H and O–H groups in total. The van der Waals surface area contributed by atoms with Crippen LogP contribution in [-0.4, -0.2) is 50.6 Å². The fourth-order valence-electron chi connectivity index (χ4n) is 3.15. The maximum Gasteiger partial charge on any atom is 0.321 e. The van der Waals surface area contributed by atoms with Crippen LogP contribution < -0.4 is 15.5 Å². The average molecular weight is 346 g/mol. The molecule has 0 spiro atoms. The average Bonchev–Trinajstić information content (AvgIpc) is 2.90. The van der Waals surface area contributed by atoms with Gasteiger partial charge < -0.3 is 20.4 Å². The van der Waals surface area contributed by atoms with E-state index in [1.165, 1.54) is 25.7 Å². The molecule has 1 heterocycles. The van der Waals surface area contributed by atoms with Gasteiger partial charge in [-0.25, -0.2) is 4.79 Å². The summed E-state index contributed by atoms with van der Waals surface area (Å²) < 4.78 is 0. The van der Waals surface area contributed by atoms with Gasteiger partial charge in [0.25, 0.3) is 0 Å². The first kappa shape index (κ1) is 19.1. The highest BCUT2D eigenvalue weighted by atomic mass is 16.2. The first-order valence-corrected chi connectivity index (χ1v) is 9.10. The van der Waals surface area contributed by atoms with Crippen LogP contribution in [0.4, 0.5) is 16.2 Å². The van der Waals surface area contributed by atoms with Crippen LogP contribution in [0.3, 0.4) is 0 Å². The minimum absolute atomic E-state index is 0.0668. The third-order valence-electron chi connectivity index (χ3n) is 4.66. The summed E-state index contributed by atoms with van der Waals surface area (Å²) in [6, 6.07) is 7.79. The number of urea groups is 1. The van der Waals surface area contributed by atoms with Crippen LogP contribution in [0.1, 0.15) is 32.6 Å². The summed E-state index contributed by atoms with van der Waals surface area (Å²) in [5.74, 6) is -0.313. The predicted molar refractivity (Wildman–Crippen MR) is 102 cm³/mol. The molecule has 25 heavy (non-hydrogen) atoms. The van der Waals surface area contributed by atoms with Gasteiger partial charge in [0.1, 0.15) is 0 Å². The molecular formula is C19H30N4O2. The van der Waals surface area contributed by atoms with Gasteiger partial charge in [-0.2, -0.15) is 0 Å². The van der Waals surface area contributed by atoms with Crippen molar-refractivity contribution in [3.05, 3.63) is 24.3 Å². The maximum atomic E-state index is 12.4. The van der Waals surface area contributed by atoms with Gasteiger partial charge in [-0.15, -0.1) is 0 Å². The predicted octanol–water partition coefficient (Wildman–Crippen LogP) is 2.91. The topological polar surface area (TPSA) is 64.7 Å². The molecule has 1 aromatic carbocycles.